The van der Waals surface area contributed by atoms with E-state index in [0.29, 0.717) is 22.0 Å². The average molecular weight is 376 g/mol. The SMILES string of the molecule is COc1ccc(C(=O)N(C)C)cc1NC(=O)N[C@@H](C)c1ccc(Cl)cc1. The zero-order chi connectivity index (χ0) is 19.3. The molecule has 0 radical (unpaired) electrons. The number of carbonyl (C=O) groups excluding carboxylic acids is 2. The van der Waals surface area contributed by atoms with Crippen LogP contribution in [0.15, 0.2) is 42.5 Å². The van der Waals surface area contributed by atoms with Crippen LogP contribution in [-0.2, 0) is 0 Å². The average Bonchev–Trinajstić information content (AvgIpc) is 2.61. The Balaban J connectivity index is 2.13. The van der Waals surface area contributed by atoms with Gasteiger partial charge in [-0.05, 0) is 42.8 Å². The van der Waals surface area contributed by atoms with Gasteiger partial charge < -0.3 is 20.3 Å². The third kappa shape index (κ3) is 4.89. The zero-order valence-corrected chi connectivity index (χ0v) is 15.9. The van der Waals surface area contributed by atoms with Gasteiger partial charge in [0.05, 0.1) is 18.8 Å². The number of nitrogens with one attached hydrogen (secondary N) is 2. The van der Waals surface area contributed by atoms with Crippen molar-refractivity contribution in [2.24, 2.45) is 0 Å². The van der Waals surface area contributed by atoms with E-state index in [1.807, 2.05) is 19.1 Å². The van der Waals surface area contributed by atoms with Gasteiger partial charge in [0.25, 0.3) is 5.91 Å². The van der Waals surface area contributed by atoms with Crippen LogP contribution in [0.1, 0.15) is 28.9 Å². The summed E-state index contributed by atoms with van der Waals surface area (Å²) in [7, 11) is 4.84. The highest BCUT2D eigenvalue weighted by atomic mass is 35.5. The highest BCUT2D eigenvalue weighted by molar-refractivity contribution is 6.30. The lowest BCUT2D eigenvalue weighted by atomic mass is 10.1. The van der Waals surface area contributed by atoms with Crippen LogP contribution < -0.4 is 15.4 Å². The van der Waals surface area contributed by atoms with Crippen molar-refractivity contribution in [1.82, 2.24) is 10.2 Å². The summed E-state index contributed by atoms with van der Waals surface area (Å²) in [6.45, 7) is 1.87. The van der Waals surface area contributed by atoms with E-state index in [4.69, 9.17) is 16.3 Å². The van der Waals surface area contributed by atoms with Crippen molar-refractivity contribution in [2.45, 2.75) is 13.0 Å². The Kier molecular flexibility index (Phi) is 6.46. The van der Waals surface area contributed by atoms with E-state index in [9.17, 15) is 9.59 Å². The number of rotatable bonds is 5. The van der Waals surface area contributed by atoms with E-state index < -0.39 is 6.03 Å². The Bertz CT molecular complexity index is 791. The summed E-state index contributed by atoms with van der Waals surface area (Å²) in [4.78, 5) is 25.9. The Morgan fingerprint density at radius 2 is 1.77 bits per heavy atom. The van der Waals surface area contributed by atoms with E-state index in [1.54, 1.807) is 44.4 Å². The van der Waals surface area contributed by atoms with Crippen molar-refractivity contribution in [2.75, 3.05) is 26.5 Å². The molecule has 0 heterocycles. The molecule has 1 atom stereocenters. The molecule has 0 aliphatic carbocycles. The highest BCUT2D eigenvalue weighted by Gasteiger charge is 2.15. The van der Waals surface area contributed by atoms with Gasteiger partial charge in [-0.15, -0.1) is 0 Å². The van der Waals surface area contributed by atoms with E-state index in [1.165, 1.54) is 12.0 Å². The molecule has 0 fully saturated rings. The highest BCUT2D eigenvalue weighted by Crippen LogP contribution is 2.26. The molecule has 0 saturated carbocycles. The number of anilines is 1. The van der Waals surface area contributed by atoms with Gasteiger partial charge in [0.15, 0.2) is 0 Å². The molecule has 2 rings (SSSR count). The van der Waals surface area contributed by atoms with Gasteiger partial charge in [-0.2, -0.15) is 0 Å². The summed E-state index contributed by atoms with van der Waals surface area (Å²) in [5.41, 5.74) is 1.80. The number of hydrogen-bond donors (Lipinski definition) is 2. The standard InChI is InChI=1S/C19H22ClN3O3/c1-12(13-5-8-15(20)9-6-13)21-19(25)22-16-11-14(18(24)23(2)3)7-10-17(16)26-4/h5-12H,1-4H3,(H2,21,22,25)/t12-/m0/s1. The second kappa shape index (κ2) is 8.58. The molecule has 0 saturated heterocycles. The number of hydrogen-bond acceptors (Lipinski definition) is 3. The normalized spacial score (nSPS) is 11.4. The van der Waals surface area contributed by atoms with Gasteiger partial charge in [-0.1, -0.05) is 23.7 Å². The molecular weight excluding hydrogens is 354 g/mol. The number of amides is 3. The van der Waals surface area contributed by atoms with E-state index >= 15 is 0 Å². The van der Waals surface area contributed by atoms with Gasteiger partial charge in [0.2, 0.25) is 0 Å². The maximum atomic E-state index is 12.3. The summed E-state index contributed by atoms with van der Waals surface area (Å²) in [5.74, 6) is 0.306. The van der Waals surface area contributed by atoms with Crippen molar-refractivity contribution < 1.29 is 14.3 Å². The van der Waals surface area contributed by atoms with Crippen molar-refractivity contribution in [1.29, 1.82) is 0 Å². The molecule has 0 bridgehead atoms. The van der Waals surface area contributed by atoms with Crippen LogP contribution in [-0.4, -0.2) is 38.0 Å². The van der Waals surface area contributed by atoms with Crippen molar-refractivity contribution in [3.63, 3.8) is 0 Å². The van der Waals surface area contributed by atoms with Crippen LogP contribution in [0.2, 0.25) is 5.02 Å². The Hall–Kier alpha value is -2.73. The minimum absolute atomic E-state index is 0.161. The van der Waals surface area contributed by atoms with E-state index in [0.717, 1.165) is 5.56 Å². The van der Waals surface area contributed by atoms with Crippen LogP contribution in [0.4, 0.5) is 10.5 Å². The molecule has 6 nitrogen and oxygen atoms in total. The molecule has 0 spiro atoms. The number of carbonyl (C=O) groups is 2. The molecule has 0 aliphatic rings. The van der Waals surface area contributed by atoms with Crippen molar-refractivity contribution in [3.05, 3.63) is 58.6 Å². The van der Waals surface area contributed by atoms with Crippen molar-refractivity contribution in [3.8, 4) is 5.75 Å². The summed E-state index contributed by atoms with van der Waals surface area (Å²) < 4.78 is 5.26. The molecule has 2 aromatic rings. The first-order chi connectivity index (χ1) is 12.3. The first-order valence-electron chi connectivity index (χ1n) is 8.04. The molecule has 7 heteroatoms. The number of methoxy groups -OCH3 is 1. The van der Waals surface area contributed by atoms with Crippen molar-refractivity contribution >= 4 is 29.2 Å². The fourth-order valence-electron chi connectivity index (χ4n) is 2.39. The number of benzene rings is 2. The topological polar surface area (TPSA) is 70.7 Å². The third-order valence-electron chi connectivity index (χ3n) is 3.82. The maximum absolute atomic E-state index is 12.3. The fraction of sp³-hybridized carbons (Fsp3) is 0.263. The lowest BCUT2D eigenvalue weighted by molar-refractivity contribution is 0.0827. The third-order valence-corrected chi connectivity index (χ3v) is 4.07. The summed E-state index contributed by atoms with van der Waals surface area (Å²) in [6, 6.07) is 11.5. The monoisotopic (exact) mass is 375 g/mol. The molecule has 2 N–H and O–H groups in total. The van der Waals surface area contributed by atoms with Crippen LogP contribution in [0.25, 0.3) is 0 Å². The largest absolute Gasteiger partial charge is 0.495 e. The van der Waals surface area contributed by atoms with E-state index in [-0.39, 0.29) is 11.9 Å². The number of ether oxygens (including phenoxy) is 1. The molecule has 2 aromatic carbocycles. The molecule has 0 aromatic heterocycles. The Morgan fingerprint density at radius 3 is 2.35 bits per heavy atom. The molecule has 3 amide bonds. The van der Waals surface area contributed by atoms with Crippen LogP contribution in [0.5, 0.6) is 5.75 Å². The minimum Gasteiger partial charge on any atom is -0.495 e. The van der Waals surface area contributed by atoms with Crippen LogP contribution in [0.3, 0.4) is 0 Å². The van der Waals surface area contributed by atoms with Gasteiger partial charge in [0, 0.05) is 24.7 Å². The number of urea groups is 1. The Labute approximate surface area is 158 Å². The zero-order valence-electron chi connectivity index (χ0n) is 15.2. The molecule has 26 heavy (non-hydrogen) atoms. The van der Waals surface area contributed by atoms with Crippen LogP contribution >= 0.6 is 11.6 Å². The first-order valence-corrected chi connectivity index (χ1v) is 8.42. The fourth-order valence-corrected chi connectivity index (χ4v) is 2.51. The van der Waals surface area contributed by atoms with Gasteiger partial charge in [-0.25, -0.2) is 4.79 Å². The molecule has 0 aliphatic heterocycles. The second-order valence-corrected chi connectivity index (χ2v) is 6.42. The molecular formula is C19H22ClN3O3. The van der Waals surface area contributed by atoms with Gasteiger partial charge in [0.1, 0.15) is 5.75 Å². The van der Waals surface area contributed by atoms with Gasteiger partial charge >= 0.3 is 6.03 Å². The summed E-state index contributed by atoms with van der Waals surface area (Å²) in [5, 5.41) is 6.22. The van der Waals surface area contributed by atoms with E-state index in [2.05, 4.69) is 10.6 Å². The van der Waals surface area contributed by atoms with Crippen LogP contribution in [0, 0.1) is 0 Å². The lowest BCUT2D eigenvalue weighted by Crippen LogP contribution is -2.31. The summed E-state index contributed by atoms with van der Waals surface area (Å²) in [6.07, 6.45) is 0. The Morgan fingerprint density at radius 1 is 1.12 bits per heavy atom. The second-order valence-electron chi connectivity index (χ2n) is 5.99. The quantitative estimate of drug-likeness (QED) is 0.831. The minimum atomic E-state index is -0.403. The maximum Gasteiger partial charge on any atom is 0.319 e. The summed E-state index contributed by atoms with van der Waals surface area (Å²) >= 11 is 5.88. The predicted molar refractivity (Wildman–Crippen MR) is 103 cm³/mol. The first kappa shape index (κ1) is 19.6. The molecule has 0 unspecified atom stereocenters. The smallest absolute Gasteiger partial charge is 0.319 e. The predicted octanol–water partition coefficient (Wildman–Crippen LogP) is 3.93. The lowest BCUT2D eigenvalue weighted by Gasteiger charge is -2.17. The molecule has 138 valence electrons. The number of halogens is 1. The van der Waals surface area contributed by atoms with Gasteiger partial charge in [-0.3, -0.25) is 4.79 Å². The number of nitrogens with zero attached hydrogens (tertiary/aromatic N) is 1.